The van der Waals surface area contributed by atoms with Gasteiger partial charge >= 0.3 is 0 Å². The first-order chi connectivity index (χ1) is 9.36. The quantitative estimate of drug-likeness (QED) is 0.853. The van der Waals surface area contributed by atoms with Crippen molar-refractivity contribution in [1.29, 1.82) is 0 Å². The standard InChI is InChI=1S/C14H16ClN3OS/c1-7-13(20-9(3)17-7)8(2)18-14(19)10-4-11(15)6-12(16)5-10/h4-6,8H,16H2,1-3H3,(H,18,19). The van der Waals surface area contributed by atoms with E-state index in [0.29, 0.717) is 16.3 Å². The fourth-order valence-electron chi connectivity index (χ4n) is 2.04. The maximum absolute atomic E-state index is 12.2. The van der Waals surface area contributed by atoms with Gasteiger partial charge in [-0.1, -0.05) is 11.6 Å². The van der Waals surface area contributed by atoms with Gasteiger partial charge in [0, 0.05) is 21.2 Å². The lowest BCUT2D eigenvalue weighted by Gasteiger charge is -2.13. The van der Waals surface area contributed by atoms with Crippen molar-refractivity contribution in [1.82, 2.24) is 10.3 Å². The summed E-state index contributed by atoms with van der Waals surface area (Å²) in [6.07, 6.45) is 0. The molecule has 0 aliphatic carbocycles. The summed E-state index contributed by atoms with van der Waals surface area (Å²) in [6.45, 7) is 5.83. The van der Waals surface area contributed by atoms with Crippen LogP contribution in [-0.4, -0.2) is 10.9 Å². The number of carbonyl (C=O) groups is 1. The SMILES string of the molecule is Cc1nc(C)c(C(C)NC(=O)c2cc(N)cc(Cl)c2)s1. The number of anilines is 1. The number of benzene rings is 1. The number of hydrogen-bond acceptors (Lipinski definition) is 4. The summed E-state index contributed by atoms with van der Waals surface area (Å²) in [4.78, 5) is 17.6. The predicted molar refractivity (Wildman–Crippen MR) is 83.3 cm³/mol. The first kappa shape index (κ1) is 14.8. The molecule has 1 heterocycles. The molecule has 0 spiro atoms. The number of nitrogens with zero attached hydrogens (tertiary/aromatic N) is 1. The molecule has 0 aliphatic rings. The second kappa shape index (κ2) is 5.81. The molecule has 6 heteroatoms. The highest BCUT2D eigenvalue weighted by Crippen LogP contribution is 2.25. The number of thiazole rings is 1. The van der Waals surface area contributed by atoms with Gasteiger partial charge < -0.3 is 11.1 Å². The van der Waals surface area contributed by atoms with E-state index in [1.165, 1.54) is 0 Å². The van der Waals surface area contributed by atoms with Crippen molar-refractivity contribution in [3.63, 3.8) is 0 Å². The molecule has 0 fully saturated rings. The summed E-state index contributed by atoms with van der Waals surface area (Å²) in [7, 11) is 0. The van der Waals surface area contributed by atoms with Crippen LogP contribution < -0.4 is 11.1 Å². The number of rotatable bonds is 3. The summed E-state index contributed by atoms with van der Waals surface area (Å²) in [5.41, 5.74) is 7.58. The normalized spacial score (nSPS) is 12.2. The molecule has 1 aromatic carbocycles. The van der Waals surface area contributed by atoms with E-state index in [2.05, 4.69) is 10.3 Å². The van der Waals surface area contributed by atoms with E-state index < -0.39 is 0 Å². The summed E-state index contributed by atoms with van der Waals surface area (Å²) in [6, 6.07) is 4.72. The highest BCUT2D eigenvalue weighted by atomic mass is 35.5. The molecule has 0 bridgehead atoms. The molecule has 1 aromatic heterocycles. The van der Waals surface area contributed by atoms with E-state index in [9.17, 15) is 4.79 Å². The van der Waals surface area contributed by atoms with Crippen molar-refractivity contribution in [2.24, 2.45) is 0 Å². The van der Waals surface area contributed by atoms with Crippen molar-refractivity contribution in [3.8, 4) is 0 Å². The van der Waals surface area contributed by atoms with Crippen LogP contribution in [-0.2, 0) is 0 Å². The zero-order valence-corrected chi connectivity index (χ0v) is 13.1. The topological polar surface area (TPSA) is 68.0 Å². The van der Waals surface area contributed by atoms with Crippen LogP contribution in [0.25, 0.3) is 0 Å². The Labute approximate surface area is 127 Å². The van der Waals surface area contributed by atoms with E-state index in [4.69, 9.17) is 17.3 Å². The molecular formula is C14H16ClN3OS. The Morgan fingerprint density at radius 1 is 1.40 bits per heavy atom. The van der Waals surface area contributed by atoms with Crippen LogP contribution in [0.1, 0.15) is 38.9 Å². The molecule has 0 aliphatic heterocycles. The number of aromatic nitrogens is 1. The Bertz CT molecular complexity index is 634. The third-order valence-corrected chi connectivity index (χ3v) is 4.34. The lowest BCUT2D eigenvalue weighted by Crippen LogP contribution is -2.26. The number of nitrogen functional groups attached to an aromatic ring is 1. The fraction of sp³-hybridized carbons (Fsp3) is 0.286. The van der Waals surface area contributed by atoms with Gasteiger partial charge in [0.15, 0.2) is 0 Å². The summed E-state index contributed by atoms with van der Waals surface area (Å²) < 4.78 is 0. The number of nitrogens with one attached hydrogen (secondary N) is 1. The average Bonchev–Trinajstić information content (AvgIpc) is 2.67. The van der Waals surface area contributed by atoms with Crippen molar-refractivity contribution in [3.05, 3.63) is 44.4 Å². The lowest BCUT2D eigenvalue weighted by atomic mass is 10.1. The molecule has 1 amide bonds. The van der Waals surface area contributed by atoms with Gasteiger partial charge in [-0.05, 0) is 39.0 Å². The Kier molecular flexibility index (Phi) is 4.30. The van der Waals surface area contributed by atoms with Crippen LogP contribution >= 0.6 is 22.9 Å². The third kappa shape index (κ3) is 3.29. The number of nitrogens with two attached hydrogens (primary N) is 1. The van der Waals surface area contributed by atoms with Gasteiger partial charge in [0.1, 0.15) is 0 Å². The van der Waals surface area contributed by atoms with E-state index in [1.54, 1.807) is 29.5 Å². The molecule has 0 radical (unpaired) electrons. The predicted octanol–water partition coefficient (Wildman–Crippen LogP) is 3.49. The molecule has 2 aromatic rings. The molecular weight excluding hydrogens is 294 g/mol. The highest BCUT2D eigenvalue weighted by Gasteiger charge is 2.16. The Morgan fingerprint density at radius 2 is 2.10 bits per heavy atom. The van der Waals surface area contributed by atoms with Crippen LogP contribution in [0.2, 0.25) is 5.02 Å². The van der Waals surface area contributed by atoms with Gasteiger partial charge in [-0.3, -0.25) is 4.79 Å². The summed E-state index contributed by atoms with van der Waals surface area (Å²) in [5.74, 6) is -0.197. The molecule has 20 heavy (non-hydrogen) atoms. The monoisotopic (exact) mass is 309 g/mol. The first-order valence-corrected chi connectivity index (χ1v) is 7.37. The van der Waals surface area contributed by atoms with Crippen molar-refractivity contribution >= 4 is 34.5 Å². The minimum Gasteiger partial charge on any atom is -0.399 e. The largest absolute Gasteiger partial charge is 0.399 e. The summed E-state index contributed by atoms with van der Waals surface area (Å²) >= 11 is 7.50. The van der Waals surface area contributed by atoms with Crippen LogP contribution in [0.3, 0.4) is 0 Å². The van der Waals surface area contributed by atoms with Crippen LogP contribution in [0, 0.1) is 13.8 Å². The molecule has 2 rings (SSSR count). The number of aryl methyl sites for hydroxylation is 2. The van der Waals surface area contributed by atoms with Crippen molar-refractivity contribution < 1.29 is 4.79 Å². The summed E-state index contributed by atoms with van der Waals surface area (Å²) in [5, 5.41) is 4.38. The van der Waals surface area contributed by atoms with Gasteiger partial charge in [0.25, 0.3) is 5.91 Å². The molecule has 4 nitrogen and oxygen atoms in total. The number of halogens is 1. The highest BCUT2D eigenvalue weighted by molar-refractivity contribution is 7.11. The second-order valence-electron chi connectivity index (χ2n) is 4.65. The van der Waals surface area contributed by atoms with Crippen molar-refractivity contribution in [2.45, 2.75) is 26.8 Å². The minimum atomic E-state index is -0.197. The first-order valence-electron chi connectivity index (χ1n) is 6.17. The molecule has 3 N–H and O–H groups in total. The van der Waals surface area contributed by atoms with Crippen molar-refractivity contribution in [2.75, 3.05) is 5.73 Å². The third-order valence-electron chi connectivity index (χ3n) is 2.86. The Balaban J connectivity index is 2.17. The van der Waals surface area contributed by atoms with Gasteiger partial charge in [-0.15, -0.1) is 11.3 Å². The smallest absolute Gasteiger partial charge is 0.251 e. The zero-order chi connectivity index (χ0) is 14.9. The fourth-order valence-corrected chi connectivity index (χ4v) is 3.21. The average molecular weight is 310 g/mol. The van der Waals surface area contributed by atoms with E-state index in [-0.39, 0.29) is 11.9 Å². The van der Waals surface area contributed by atoms with E-state index >= 15 is 0 Å². The molecule has 106 valence electrons. The van der Waals surface area contributed by atoms with Gasteiger partial charge in [0.05, 0.1) is 16.7 Å². The van der Waals surface area contributed by atoms with Gasteiger partial charge in [-0.25, -0.2) is 4.98 Å². The van der Waals surface area contributed by atoms with E-state index in [0.717, 1.165) is 15.6 Å². The van der Waals surface area contributed by atoms with Gasteiger partial charge in [0.2, 0.25) is 0 Å². The number of amides is 1. The number of hydrogen-bond donors (Lipinski definition) is 2. The van der Waals surface area contributed by atoms with Crippen LogP contribution in [0.5, 0.6) is 0 Å². The zero-order valence-electron chi connectivity index (χ0n) is 11.5. The minimum absolute atomic E-state index is 0.103. The molecule has 1 atom stereocenters. The Morgan fingerprint density at radius 3 is 2.65 bits per heavy atom. The second-order valence-corrected chi connectivity index (χ2v) is 6.32. The lowest BCUT2D eigenvalue weighted by molar-refractivity contribution is 0.0940. The number of carbonyl (C=O) groups excluding carboxylic acids is 1. The maximum Gasteiger partial charge on any atom is 0.251 e. The van der Waals surface area contributed by atoms with E-state index in [1.807, 2.05) is 20.8 Å². The Hall–Kier alpha value is -1.59. The van der Waals surface area contributed by atoms with Gasteiger partial charge in [-0.2, -0.15) is 0 Å². The van der Waals surface area contributed by atoms with Crippen LogP contribution in [0.4, 0.5) is 5.69 Å². The van der Waals surface area contributed by atoms with Crippen LogP contribution in [0.15, 0.2) is 18.2 Å². The molecule has 0 saturated heterocycles. The maximum atomic E-state index is 12.2. The molecule has 0 saturated carbocycles. The molecule has 1 unspecified atom stereocenters.